The molecule has 1 aliphatic rings. The van der Waals surface area contributed by atoms with E-state index in [1.807, 2.05) is 0 Å². The zero-order valence-corrected chi connectivity index (χ0v) is 7.44. The van der Waals surface area contributed by atoms with Crippen molar-refractivity contribution in [3.8, 4) is 12.3 Å². The lowest BCUT2D eigenvalue weighted by Gasteiger charge is -2.29. The van der Waals surface area contributed by atoms with Gasteiger partial charge in [-0.25, -0.2) is 0 Å². The van der Waals surface area contributed by atoms with E-state index in [0.717, 1.165) is 19.6 Å². The second-order valence-electron chi connectivity index (χ2n) is 2.84. The standard InChI is InChI=1S/C8H14N2S/c1-2-5-10-6-3-4-8(7-10)11-9/h1,8H,3-7,9H2. The highest BCUT2D eigenvalue weighted by molar-refractivity contribution is 7.97. The fraction of sp³-hybridized carbons (Fsp3) is 0.750. The number of piperidine rings is 1. The average molecular weight is 170 g/mol. The van der Waals surface area contributed by atoms with Gasteiger partial charge in [0.2, 0.25) is 0 Å². The van der Waals surface area contributed by atoms with Crippen LogP contribution in [-0.4, -0.2) is 29.8 Å². The molecule has 0 amide bonds. The average Bonchev–Trinajstić information content (AvgIpc) is 2.06. The lowest BCUT2D eigenvalue weighted by Crippen LogP contribution is -2.37. The fourth-order valence-corrected chi connectivity index (χ4v) is 2.00. The number of hydrogen-bond donors (Lipinski definition) is 1. The maximum Gasteiger partial charge on any atom is 0.0599 e. The molecule has 0 spiro atoms. The minimum atomic E-state index is 0.595. The summed E-state index contributed by atoms with van der Waals surface area (Å²) < 4.78 is 0. The first-order valence-electron chi connectivity index (χ1n) is 3.88. The molecular formula is C8H14N2S. The van der Waals surface area contributed by atoms with Crippen LogP contribution in [0.15, 0.2) is 0 Å². The highest BCUT2D eigenvalue weighted by Gasteiger charge is 2.17. The Kier molecular flexibility index (Phi) is 3.78. The molecule has 3 heteroatoms. The number of likely N-dealkylation sites (tertiary alicyclic amines) is 1. The third-order valence-corrected chi connectivity index (χ3v) is 2.74. The molecule has 2 nitrogen and oxygen atoms in total. The van der Waals surface area contributed by atoms with Crippen molar-refractivity contribution in [1.82, 2.24) is 4.90 Å². The van der Waals surface area contributed by atoms with Crippen LogP contribution in [0.4, 0.5) is 0 Å². The molecule has 62 valence electrons. The Hall–Kier alpha value is -0.170. The summed E-state index contributed by atoms with van der Waals surface area (Å²) in [4.78, 5) is 2.29. The lowest BCUT2D eigenvalue weighted by atomic mass is 10.1. The topological polar surface area (TPSA) is 29.3 Å². The zero-order valence-electron chi connectivity index (χ0n) is 6.62. The van der Waals surface area contributed by atoms with Crippen molar-refractivity contribution in [2.24, 2.45) is 5.14 Å². The van der Waals surface area contributed by atoms with Gasteiger partial charge in [-0.1, -0.05) is 17.9 Å². The van der Waals surface area contributed by atoms with Crippen LogP contribution in [0.5, 0.6) is 0 Å². The SMILES string of the molecule is C#CCN1CCCC(SN)C1. The number of rotatable bonds is 2. The van der Waals surface area contributed by atoms with Gasteiger partial charge in [-0.05, 0) is 19.4 Å². The van der Waals surface area contributed by atoms with E-state index >= 15 is 0 Å². The van der Waals surface area contributed by atoms with Crippen LogP contribution in [0, 0.1) is 12.3 Å². The second kappa shape index (κ2) is 4.66. The number of nitrogens with two attached hydrogens (primary N) is 1. The molecule has 0 radical (unpaired) electrons. The smallest absolute Gasteiger partial charge is 0.0599 e. The first kappa shape index (κ1) is 8.92. The van der Waals surface area contributed by atoms with Crippen LogP contribution in [0.1, 0.15) is 12.8 Å². The lowest BCUT2D eigenvalue weighted by molar-refractivity contribution is 0.261. The molecule has 2 N–H and O–H groups in total. The molecule has 1 aliphatic heterocycles. The van der Waals surface area contributed by atoms with E-state index in [2.05, 4.69) is 10.8 Å². The zero-order chi connectivity index (χ0) is 8.10. The van der Waals surface area contributed by atoms with Gasteiger partial charge in [-0.15, -0.1) is 6.42 Å². The van der Waals surface area contributed by atoms with Crippen molar-refractivity contribution in [2.45, 2.75) is 18.1 Å². The molecule has 1 rings (SSSR count). The largest absolute Gasteiger partial charge is 0.291 e. The van der Waals surface area contributed by atoms with Gasteiger partial charge in [0.1, 0.15) is 0 Å². The Bertz CT molecular complexity index is 153. The fourth-order valence-electron chi connectivity index (χ4n) is 1.40. The molecule has 11 heavy (non-hydrogen) atoms. The molecule has 1 fully saturated rings. The molecular weight excluding hydrogens is 156 g/mol. The highest BCUT2D eigenvalue weighted by atomic mass is 32.2. The molecule has 0 bridgehead atoms. The van der Waals surface area contributed by atoms with Gasteiger partial charge in [-0.2, -0.15) is 0 Å². The monoisotopic (exact) mass is 170 g/mol. The van der Waals surface area contributed by atoms with Gasteiger partial charge >= 0.3 is 0 Å². The molecule has 1 heterocycles. The van der Waals surface area contributed by atoms with E-state index in [9.17, 15) is 0 Å². The maximum absolute atomic E-state index is 5.50. The van der Waals surface area contributed by atoms with E-state index in [-0.39, 0.29) is 0 Å². The molecule has 0 aromatic heterocycles. The Morgan fingerprint density at radius 3 is 3.18 bits per heavy atom. The number of nitrogens with zero attached hydrogens (tertiary/aromatic N) is 1. The van der Waals surface area contributed by atoms with Gasteiger partial charge in [0, 0.05) is 11.8 Å². The summed E-state index contributed by atoms with van der Waals surface area (Å²) >= 11 is 1.47. The molecule has 1 saturated heterocycles. The summed E-state index contributed by atoms with van der Waals surface area (Å²) in [5.41, 5.74) is 0. The van der Waals surface area contributed by atoms with Crippen molar-refractivity contribution >= 4 is 11.9 Å². The summed E-state index contributed by atoms with van der Waals surface area (Å²) in [5, 5.41) is 6.09. The molecule has 0 aromatic rings. The summed E-state index contributed by atoms with van der Waals surface area (Å²) in [6, 6.07) is 0. The van der Waals surface area contributed by atoms with Crippen LogP contribution in [0.25, 0.3) is 0 Å². The predicted molar refractivity (Wildman–Crippen MR) is 50.1 cm³/mol. The Labute approximate surface area is 72.6 Å². The quantitative estimate of drug-likeness (QED) is 0.488. The van der Waals surface area contributed by atoms with Crippen LogP contribution in [-0.2, 0) is 0 Å². The van der Waals surface area contributed by atoms with E-state index < -0.39 is 0 Å². The van der Waals surface area contributed by atoms with Crippen LogP contribution < -0.4 is 5.14 Å². The van der Waals surface area contributed by atoms with Crippen molar-refractivity contribution in [2.75, 3.05) is 19.6 Å². The third-order valence-electron chi connectivity index (χ3n) is 1.97. The number of hydrogen-bond acceptors (Lipinski definition) is 3. The van der Waals surface area contributed by atoms with Crippen LogP contribution >= 0.6 is 11.9 Å². The van der Waals surface area contributed by atoms with Gasteiger partial charge in [0.15, 0.2) is 0 Å². The second-order valence-corrected chi connectivity index (χ2v) is 3.78. The normalized spacial score (nSPS) is 26.4. The minimum absolute atomic E-state index is 0.595. The van der Waals surface area contributed by atoms with Gasteiger partial charge in [-0.3, -0.25) is 10.0 Å². The molecule has 0 aromatic carbocycles. The van der Waals surface area contributed by atoms with E-state index in [4.69, 9.17) is 11.6 Å². The van der Waals surface area contributed by atoms with E-state index in [1.54, 1.807) is 0 Å². The van der Waals surface area contributed by atoms with Gasteiger partial charge in [0.05, 0.1) is 6.54 Å². The molecule has 1 unspecified atom stereocenters. The molecule has 0 saturated carbocycles. The summed E-state index contributed by atoms with van der Waals surface area (Å²) in [5.74, 6) is 2.66. The minimum Gasteiger partial charge on any atom is -0.291 e. The van der Waals surface area contributed by atoms with Crippen LogP contribution in [0.2, 0.25) is 0 Å². The summed E-state index contributed by atoms with van der Waals surface area (Å²) in [6.07, 6.45) is 7.69. The van der Waals surface area contributed by atoms with Gasteiger partial charge < -0.3 is 0 Å². The summed E-state index contributed by atoms with van der Waals surface area (Å²) in [6.45, 7) is 2.98. The first-order valence-corrected chi connectivity index (χ1v) is 4.82. The predicted octanol–water partition coefficient (Wildman–Crippen LogP) is 0.691. The molecule has 0 aliphatic carbocycles. The van der Waals surface area contributed by atoms with Crippen molar-refractivity contribution < 1.29 is 0 Å². The van der Waals surface area contributed by atoms with Crippen LogP contribution in [0.3, 0.4) is 0 Å². The Morgan fingerprint density at radius 2 is 2.55 bits per heavy atom. The van der Waals surface area contributed by atoms with E-state index in [0.29, 0.717) is 5.25 Å². The third kappa shape index (κ3) is 2.74. The van der Waals surface area contributed by atoms with Crippen molar-refractivity contribution in [1.29, 1.82) is 0 Å². The Morgan fingerprint density at radius 1 is 1.73 bits per heavy atom. The van der Waals surface area contributed by atoms with Gasteiger partial charge in [0.25, 0.3) is 0 Å². The molecule has 1 atom stereocenters. The number of terminal acetylenes is 1. The van der Waals surface area contributed by atoms with Crippen molar-refractivity contribution in [3.63, 3.8) is 0 Å². The van der Waals surface area contributed by atoms with E-state index in [1.165, 1.54) is 24.8 Å². The highest BCUT2D eigenvalue weighted by Crippen LogP contribution is 2.17. The summed E-state index contributed by atoms with van der Waals surface area (Å²) in [7, 11) is 0. The Balaban J connectivity index is 2.28. The van der Waals surface area contributed by atoms with Crippen molar-refractivity contribution in [3.05, 3.63) is 0 Å². The first-order chi connectivity index (χ1) is 5.36. The maximum atomic E-state index is 5.50.